The van der Waals surface area contributed by atoms with E-state index in [9.17, 15) is 0 Å². The zero-order chi connectivity index (χ0) is 11.0. The standard InChI is InChI=1S/C14H18N2/c1-10-7-12(8-10)16-9-11-3-2-4-14-13(11)5-6-15-14/h2-6,10,12,15-16H,7-9H2,1H3. The number of H-pyrrole nitrogens is 1. The van der Waals surface area contributed by atoms with E-state index in [1.165, 1.54) is 29.3 Å². The second-order valence-corrected chi connectivity index (χ2v) is 5.01. The lowest BCUT2D eigenvalue weighted by Gasteiger charge is -2.33. The Morgan fingerprint density at radius 2 is 2.19 bits per heavy atom. The summed E-state index contributed by atoms with van der Waals surface area (Å²) in [6, 6.07) is 9.37. The molecule has 2 heteroatoms. The quantitative estimate of drug-likeness (QED) is 0.807. The second kappa shape index (κ2) is 3.95. The minimum Gasteiger partial charge on any atom is -0.361 e. The van der Waals surface area contributed by atoms with Crippen molar-refractivity contribution in [2.24, 2.45) is 5.92 Å². The van der Waals surface area contributed by atoms with Gasteiger partial charge in [0, 0.05) is 29.7 Å². The van der Waals surface area contributed by atoms with Crippen molar-refractivity contribution in [3.05, 3.63) is 36.0 Å². The molecule has 0 aliphatic heterocycles. The molecule has 2 nitrogen and oxygen atoms in total. The molecule has 1 fully saturated rings. The number of hydrogen-bond acceptors (Lipinski definition) is 1. The van der Waals surface area contributed by atoms with E-state index in [1.807, 2.05) is 6.20 Å². The normalized spacial score (nSPS) is 24.6. The molecule has 0 spiro atoms. The van der Waals surface area contributed by atoms with E-state index in [1.54, 1.807) is 0 Å². The molecular weight excluding hydrogens is 196 g/mol. The molecule has 1 aliphatic rings. The molecule has 0 bridgehead atoms. The average Bonchev–Trinajstić information content (AvgIpc) is 2.71. The largest absolute Gasteiger partial charge is 0.361 e. The molecule has 0 saturated heterocycles. The number of hydrogen-bond donors (Lipinski definition) is 2. The molecule has 1 heterocycles. The third-order valence-corrected chi connectivity index (χ3v) is 3.64. The van der Waals surface area contributed by atoms with Gasteiger partial charge in [-0.25, -0.2) is 0 Å². The van der Waals surface area contributed by atoms with E-state index in [4.69, 9.17) is 0 Å². The van der Waals surface area contributed by atoms with Crippen LogP contribution in [0.25, 0.3) is 10.9 Å². The summed E-state index contributed by atoms with van der Waals surface area (Å²) in [5, 5.41) is 4.98. The molecule has 1 aromatic carbocycles. The number of rotatable bonds is 3. The summed E-state index contributed by atoms with van der Waals surface area (Å²) in [7, 11) is 0. The van der Waals surface area contributed by atoms with Crippen molar-refractivity contribution in [3.8, 4) is 0 Å². The second-order valence-electron chi connectivity index (χ2n) is 5.01. The van der Waals surface area contributed by atoms with Gasteiger partial charge in [-0.2, -0.15) is 0 Å². The lowest BCUT2D eigenvalue weighted by Crippen LogP contribution is -2.39. The molecule has 16 heavy (non-hydrogen) atoms. The predicted molar refractivity (Wildman–Crippen MR) is 67.3 cm³/mol. The van der Waals surface area contributed by atoms with Gasteiger partial charge in [-0.3, -0.25) is 0 Å². The highest BCUT2D eigenvalue weighted by atomic mass is 14.9. The Kier molecular flexibility index (Phi) is 2.44. The van der Waals surface area contributed by atoms with Gasteiger partial charge in [0.2, 0.25) is 0 Å². The van der Waals surface area contributed by atoms with Crippen LogP contribution in [0.5, 0.6) is 0 Å². The van der Waals surface area contributed by atoms with Gasteiger partial charge in [-0.05, 0) is 36.5 Å². The Balaban J connectivity index is 1.71. The van der Waals surface area contributed by atoms with E-state index in [0.29, 0.717) is 0 Å². The maximum atomic E-state index is 3.63. The van der Waals surface area contributed by atoms with Crippen LogP contribution in [0, 0.1) is 5.92 Å². The van der Waals surface area contributed by atoms with E-state index in [2.05, 4.69) is 41.5 Å². The zero-order valence-electron chi connectivity index (χ0n) is 9.66. The fraction of sp³-hybridized carbons (Fsp3) is 0.429. The van der Waals surface area contributed by atoms with Crippen molar-refractivity contribution in [2.75, 3.05) is 0 Å². The van der Waals surface area contributed by atoms with Crippen LogP contribution in [-0.2, 0) is 6.54 Å². The maximum absolute atomic E-state index is 3.63. The maximum Gasteiger partial charge on any atom is 0.0457 e. The molecule has 0 radical (unpaired) electrons. The number of benzene rings is 1. The van der Waals surface area contributed by atoms with Crippen LogP contribution in [0.4, 0.5) is 0 Å². The van der Waals surface area contributed by atoms with Crippen LogP contribution >= 0.6 is 0 Å². The van der Waals surface area contributed by atoms with E-state index < -0.39 is 0 Å². The minimum atomic E-state index is 0.740. The summed E-state index contributed by atoms with van der Waals surface area (Å²) < 4.78 is 0. The lowest BCUT2D eigenvalue weighted by molar-refractivity contribution is 0.240. The van der Waals surface area contributed by atoms with Crippen molar-refractivity contribution in [2.45, 2.75) is 32.4 Å². The third kappa shape index (κ3) is 1.74. The van der Waals surface area contributed by atoms with Crippen molar-refractivity contribution in [1.82, 2.24) is 10.3 Å². The zero-order valence-corrected chi connectivity index (χ0v) is 9.66. The van der Waals surface area contributed by atoms with Gasteiger partial charge in [0.25, 0.3) is 0 Å². The fourth-order valence-electron chi connectivity index (χ4n) is 2.63. The highest BCUT2D eigenvalue weighted by Gasteiger charge is 2.24. The molecule has 1 aromatic heterocycles. The van der Waals surface area contributed by atoms with Gasteiger partial charge in [-0.15, -0.1) is 0 Å². The van der Waals surface area contributed by atoms with Crippen molar-refractivity contribution in [1.29, 1.82) is 0 Å². The molecular formula is C14H18N2. The molecule has 2 aromatic rings. The molecule has 84 valence electrons. The molecule has 1 saturated carbocycles. The van der Waals surface area contributed by atoms with Gasteiger partial charge in [0.1, 0.15) is 0 Å². The third-order valence-electron chi connectivity index (χ3n) is 3.64. The summed E-state index contributed by atoms with van der Waals surface area (Å²) in [6.45, 7) is 3.32. The van der Waals surface area contributed by atoms with Gasteiger partial charge in [-0.1, -0.05) is 19.1 Å². The molecule has 1 aliphatic carbocycles. The Morgan fingerprint density at radius 3 is 3.00 bits per heavy atom. The number of aromatic amines is 1. The van der Waals surface area contributed by atoms with Crippen LogP contribution in [0.3, 0.4) is 0 Å². The molecule has 2 N–H and O–H groups in total. The van der Waals surface area contributed by atoms with Gasteiger partial charge >= 0.3 is 0 Å². The first-order valence-electron chi connectivity index (χ1n) is 6.11. The average molecular weight is 214 g/mol. The van der Waals surface area contributed by atoms with Gasteiger partial charge in [0.15, 0.2) is 0 Å². The summed E-state index contributed by atoms with van der Waals surface area (Å²) >= 11 is 0. The van der Waals surface area contributed by atoms with Crippen LogP contribution in [0.15, 0.2) is 30.5 Å². The molecule has 0 amide bonds. The van der Waals surface area contributed by atoms with Gasteiger partial charge in [0.05, 0.1) is 0 Å². The minimum absolute atomic E-state index is 0.740. The summed E-state index contributed by atoms with van der Waals surface area (Å²) in [4.78, 5) is 3.25. The lowest BCUT2D eigenvalue weighted by atomic mass is 9.82. The van der Waals surface area contributed by atoms with Crippen LogP contribution in [-0.4, -0.2) is 11.0 Å². The number of nitrogens with one attached hydrogen (secondary N) is 2. The van der Waals surface area contributed by atoms with E-state index >= 15 is 0 Å². The Morgan fingerprint density at radius 1 is 1.31 bits per heavy atom. The van der Waals surface area contributed by atoms with Crippen LogP contribution in [0.1, 0.15) is 25.3 Å². The van der Waals surface area contributed by atoms with Crippen LogP contribution in [0.2, 0.25) is 0 Å². The first-order chi connectivity index (χ1) is 7.83. The Hall–Kier alpha value is -1.28. The van der Waals surface area contributed by atoms with Crippen molar-refractivity contribution < 1.29 is 0 Å². The SMILES string of the molecule is CC1CC(NCc2cccc3[nH]ccc23)C1. The summed E-state index contributed by atoms with van der Waals surface area (Å²) in [5.41, 5.74) is 2.64. The summed E-state index contributed by atoms with van der Waals surface area (Å²) in [5.74, 6) is 0.917. The van der Waals surface area contributed by atoms with Gasteiger partial charge < -0.3 is 10.3 Å². The monoisotopic (exact) mass is 214 g/mol. The van der Waals surface area contributed by atoms with E-state index in [-0.39, 0.29) is 0 Å². The smallest absolute Gasteiger partial charge is 0.0457 e. The molecule has 0 atom stereocenters. The van der Waals surface area contributed by atoms with Crippen molar-refractivity contribution >= 4 is 10.9 Å². The van der Waals surface area contributed by atoms with E-state index in [0.717, 1.165) is 18.5 Å². The first-order valence-corrected chi connectivity index (χ1v) is 6.11. The molecule has 3 rings (SSSR count). The van der Waals surface area contributed by atoms with Crippen molar-refractivity contribution in [3.63, 3.8) is 0 Å². The Labute approximate surface area is 96.1 Å². The predicted octanol–water partition coefficient (Wildman–Crippen LogP) is 3.06. The Bertz CT molecular complexity index is 480. The highest BCUT2D eigenvalue weighted by Crippen LogP contribution is 2.27. The number of aromatic nitrogens is 1. The van der Waals surface area contributed by atoms with Crippen LogP contribution < -0.4 is 5.32 Å². The topological polar surface area (TPSA) is 27.8 Å². The highest BCUT2D eigenvalue weighted by molar-refractivity contribution is 5.82. The number of fused-ring (bicyclic) bond motifs is 1. The first kappa shape index (κ1) is 9.91. The fourth-order valence-corrected chi connectivity index (χ4v) is 2.63. The summed E-state index contributed by atoms with van der Waals surface area (Å²) in [6.07, 6.45) is 4.69. The molecule has 0 unspecified atom stereocenters.